The van der Waals surface area contributed by atoms with E-state index in [0.29, 0.717) is 57.4 Å². The fourth-order valence-corrected chi connectivity index (χ4v) is 4.44. The summed E-state index contributed by atoms with van der Waals surface area (Å²) in [5, 5.41) is 2.76. The highest BCUT2D eigenvalue weighted by molar-refractivity contribution is 6.05. The number of esters is 1. The number of fused-ring (bicyclic) bond motifs is 2. The molecule has 0 radical (unpaired) electrons. The monoisotopic (exact) mass is 514 g/mol. The largest absolute Gasteiger partial charge is 0.494 e. The number of unbranched alkanes of at least 4 members (excludes halogenated alkanes) is 6. The van der Waals surface area contributed by atoms with Crippen LogP contribution in [-0.2, 0) is 25.7 Å². The number of aliphatic imine (C=N–C) groups is 1. The van der Waals surface area contributed by atoms with Crippen LogP contribution in [0.25, 0.3) is 0 Å². The lowest BCUT2D eigenvalue weighted by Crippen LogP contribution is -2.37. The Hall–Kier alpha value is -3.10. The van der Waals surface area contributed by atoms with Gasteiger partial charge in [-0.05, 0) is 37.5 Å². The molecule has 37 heavy (non-hydrogen) atoms. The van der Waals surface area contributed by atoms with Crippen LogP contribution >= 0.6 is 0 Å². The molecule has 0 aromatic heterocycles. The smallest absolute Gasteiger partial charge is 0.325 e. The highest BCUT2D eigenvalue weighted by atomic mass is 16.5. The van der Waals surface area contributed by atoms with Gasteiger partial charge in [0.15, 0.2) is 0 Å². The van der Waals surface area contributed by atoms with Crippen molar-refractivity contribution in [1.82, 2.24) is 15.1 Å². The molecule has 0 bridgehead atoms. The molecule has 2 amide bonds. The van der Waals surface area contributed by atoms with Crippen LogP contribution < -0.4 is 10.1 Å². The van der Waals surface area contributed by atoms with Crippen LogP contribution in [-0.4, -0.2) is 66.4 Å². The minimum Gasteiger partial charge on any atom is -0.494 e. The lowest BCUT2D eigenvalue weighted by Gasteiger charge is -2.23. The number of ether oxygens (including phenoxy) is 2. The van der Waals surface area contributed by atoms with Crippen molar-refractivity contribution in [3.63, 3.8) is 0 Å². The maximum absolute atomic E-state index is 12.9. The van der Waals surface area contributed by atoms with E-state index in [2.05, 4.69) is 24.2 Å². The van der Waals surface area contributed by atoms with Crippen LogP contribution in [0.15, 0.2) is 23.2 Å². The first-order valence-electron chi connectivity index (χ1n) is 13.8. The average molecular weight is 515 g/mol. The number of carbonyl (C=O) groups is 3. The zero-order valence-corrected chi connectivity index (χ0v) is 22.4. The van der Waals surface area contributed by atoms with Crippen molar-refractivity contribution in [2.75, 3.05) is 32.8 Å². The third-order valence-electron chi connectivity index (χ3n) is 6.54. The van der Waals surface area contributed by atoms with Gasteiger partial charge in [0.25, 0.3) is 0 Å². The lowest BCUT2D eigenvalue weighted by molar-refractivity contribution is -0.149. The average Bonchev–Trinajstić information content (AvgIpc) is 3.25. The van der Waals surface area contributed by atoms with Crippen molar-refractivity contribution >= 4 is 29.4 Å². The van der Waals surface area contributed by atoms with Gasteiger partial charge in [-0.1, -0.05) is 52.4 Å². The molecule has 0 saturated carbocycles. The molecule has 3 rings (SSSR count). The Kier molecular flexibility index (Phi) is 11.7. The second-order valence-corrected chi connectivity index (χ2v) is 9.74. The van der Waals surface area contributed by atoms with Crippen molar-refractivity contribution < 1.29 is 23.9 Å². The number of nitrogens with zero attached hydrogens (tertiary/aromatic N) is 3. The van der Waals surface area contributed by atoms with E-state index in [9.17, 15) is 14.4 Å². The van der Waals surface area contributed by atoms with Crippen LogP contribution in [0, 0.1) is 0 Å². The van der Waals surface area contributed by atoms with Crippen molar-refractivity contribution in [1.29, 1.82) is 0 Å². The number of hydrogen-bond donors (Lipinski definition) is 1. The maximum Gasteiger partial charge on any atom is 0.325 e. The van der Waals surface area contributed by atoms with E-state index < -0.39 is 0 Å². The summed E-state index contributed by atoms with van der Waals surface area (Å²) in [6.45, 7) is 6.61. The predicted molar refractivity (Wildman–Crippen MR) is 143 cm³/mol. The van der Waals surface area contributed by atoms with Gasteiger partial charge in [-0.25, -0.2) is 4.99 Å². The third kappa shape index (κ3) is 9.37. The minimum absolute atomic E-state index is 0.0147. The Balaban J connectivity index is 1.42. The van der Waals surface area contributed by atoms with Crippen molar-refractivity contribution in [3.05, 3.63) is 23.8 Å². The fourth-order valence-electron chi connectivity index (χ4n) is 4.44. The number of guanidine groups is 1. The van der Waals surface area contributed by atoms with E-state index in [0.717, 1.165) is 62.6 Å². The standard InChI is InChI=1S/C28H42N4O5/c1-3-5-7-9-15-31(21-27(35)37-16-10-8-6-4-2)26(34)12-11-17-36-23-13-14-24-22(18-23)19-32-20-25(33)30-28(32)29-24/h13-14,18H,3-12,15-17,19-21H2,1-2H3,(H,29,30,33). The normalized spacial score (nSPS) is 13.9. The Labute approximate surface area is 220 Å². The SMILES string of the molecule is CCCCCCOC(=O)CN(CCCCCC)C(=O)CCCOc1ccc2c(c1)CN1CC(=O)NC1=N2. The van der Waals surface area contributed by atoms with E-state index in [1.807, 2.05) is 23.1 Å². The van der Waals surface area contributed by atoms with Gasteiger partial charge in [0.1, 0.15) is 18.8 Å². The Morgan fingerprint density at radius 1 is 1.00 bits per heavy atom. The van der Waals surface area contributed by atoms with Gasteiger partial charge in [0.05, 0.1) is 18.9 Å². The van der Waals surface area contributed by atoms with E-state index >= 15 is 0 Å². The molecule has 0 atom stereocenters. The first-order valence-corrected chi connectivity index (χ1v) is 13.8. The van der Waals surface area contributed by atoms with E-state index in [1.54, 1.807) is 4.90 Å². The van der Waals surface area contributed by atoms with E-state index in [4.69, 9.17) is 9.47 Å². The molecule has 2 aliphatic heterocycles. The summed E-state index contributed by atoms with van der Waals surface area (Å²) in [6, 6.07) is 5.68. The molecular weight excluding hydrogens is 472 g/mol. The Morgan fingerprint density at radius 3 is 2.57 bits per heavy atom. The number of hydrogen-bond acceptors (Lipinski definition) is 7. The molecule has 1 aromatic rings. The maximum atomic E-state index is 12.9. The van der Waals surface area contributed by atoms with Gasteiger partial charge in [0.2, 0.25) is 17.8 Å². The third-order valence-corrected chi connectivity index (χ3v) is 6.54. The van der Waals surface area contributed by atoms with Gasteiger partial charge in [-0.2, -0.15) is 0 Å². The van der Waals surface area contributed by atoms with Crippen LogP contribution in [0.2, 0.25) is 0 Å². The van der Waals surface area contributed by atoms with Gasteiger partial charge in [-0.15, -0.1) is 0 Å². The topological polar surface area (TPSA) is 101 Å². The summed E-state index contributed by atoms with van der Waals surface area (Å²) in [4.78, 5) is 44.9. The summed E-state index contributed by atoms with van der Waals surface area (Å²) < 4.78 is 11.3. The first-order chi connectivity index (χ1) is 18.0. The van der Waals surface area contributed by atoms with Gasteiger partial charge >= 0.3 is 5.97 Å². The molecule has 0 unspecified atom stereocenters. The summed E-state index contributed by atoms with van der Waals surface area (Å²) in [6.07, 6.45) is 9.24. The van der Waals surface area contributed by atoms with Crippen molar-refractivity contribution in [2.24, 2.45) is 4.99 Å². The second kappa shape index (κ2) is 15.2. The summed E-state index contributed by atoms with van der Waals surface area (Å²) in [5.74, 6) is 0.899. The number of benzene rings is 1. The molecule has 2 heterocycles. The van der Waals surface area contributed by atoms with Crippen LogP contribution in [0.3, 0.4) is 0 Å². The second-order valence-electron chi connectivity index (χ2n) is 9.74. The summed E-state index contributed by atoms with van der Waals surface area (Å²) in [7, 11) is 0. The number of rotatable bonds is 17. The van der Waals surface area contributed by atoms with Crippen LogP contribution in [0.1, 0.15) is 83.6 Å². The lowest BCUT2D eigenvalue weighted by atomic mass is 10.1. The Morgan fingerprint density at radius 2 is 1.78 bits per heavy atom. The molecule has 9 nitrogen and oxygen atoms in total. The van der Waals surface area contributed by atoms with Gasteiger partial charge in [0, 0.05) is 25.1 Å². The predicted octanol–water partition coefficient (Wildman–Crippen LogP) is 4.31. The fraction of sp³-hybridized carbons (Fsp3) is 0.643. The highest BCUT2D eigenvalue weighted by Gasteiger charge is 2.29. The molecule has 1 aromatic carbocycles. The summed E-state index contributed by atoms with van der Waals surface area (Å²) >= 11 is 0. The number of amides is 2. The molecule has 0 spiro atoms. The number of nitrogens with one attached hydrogen (secondary N) is 1. The molecule has 2 aliphatic rings. The van der Waals surface area contributed by atoms with Crippen LogP contribution in [0.5, 0.6) is 5.75 Å². The van der Waals surface area contributed by atoms with E-state index in [-0.39, 0.29) is 24.3 Å². The van der Waals surface area contributed by atoms with Gasteiger partial charge < -0.3 is 19.3 Å². The molecular formula is C28H42N4O5. The minimum atomic E-state index is -0.327. The van der Waals surface area contributed by atoms with E-state index in [1.165, 1.54) is 0 Å². The highest BCUT2D eigenvalue weighted by Crippen LogP contribution is 2.30. The molecule has 1 N–H and O–H groups in total. The molecule has 1 fully saturated rings. The molecule has 9 heteroatoms. The van der Waals surface area contributed by atoms with Gasteiger partial charge in [-0.3, -0.25) is 19.7 Å². The molecule has 0 aliphatic carbocycles. The molecule has 1 saturated heterocycles. The number of carbonyl (C=O) groups excluding carboxylic acids is 3. The first kappa shape index (κ1) is 28.5. The zero-order valence-electron chi connectivity index (χ0n) is 22.4. The zero-order chi connectivity index (χ0) is 26.5. The Bertz CT molecular complexity index is 949. The van der Waals surface area contributed by atoms with Crippen LogP contribution in [0.4, 0.5) is 5.69 Å². The summed E-state index contributed by atoms with van der Waals surface area (Å²) in [5.41, 5.74) is 1.83. The van der Waals surface area contributed by atoms with Crippen molar-refractivity contribution in [3.8, 4) is 5.75 Å². The quantitative estimate of drug-likeness (QED) is 0.246. The molecule has 204 valence electrons. The van der Waals surface area contributed by atoms with Crippen molar-refractivity contribution in [2.45, 2.75) is 84.6 Å².